The summed E-state index contributed by atoms with van der Waals surface area (Å²) in [6.45, 7) is 3.62. The van der Waals surface area contributed by atoms with E-state index >= 15 is 0 Å². The quantitative estimate of drug-likeness (QED) is 0.0799. The molecule has 1 amide bonds. The molecule has 0 heterocycles. The van der Waals surface area contributed by atoms with Gasteiger partial charge in [0.05, 0.1) is 13.0 Å². The number of allylic oxidation sites excluding steroid dienone is 2. The van der Waals surface area contributed by atoms with Crippen LogP contribution in [-0.4, -0.2) is 53.8 Å². The molecule has 0 rings (SSSR count). The van der Waals surface area contributed by atoms with E-state index in [1.165, 1.54) is 51.9 Å². The van der Waals surface area contributed by atoms with Crippen molar-refractivity contribution in [3.63, 3.8) is 0 Å². The number of nitrogens with one attached hydrogen (secondary N) is 1. The number of carbonyl (C=O) groups excluding carboxylic acids is 2. The van der Waals surface area contributed by atoms with Crippen LogP contribution in [0.3, 0.4) is 0 Å². The molecule has 0 aromatic rings. The summed E-state index contributed by atoms with van der Waals surface area (Å²) in [5.74, 6) is -3.14. The van der Waals surface area contributed by atoms with Crippen LogP contribution >= 0.6 is 0 Å². The largest absolute Gasteiger partial charge is 0.481 e. The highest BCUT2D eigenvalue weighted by molar-refractivity contribution is 7.87. The van der Waals surface area contributed by atoms with Gasteiger partial charge in [-0.15, -0.1) is 0 Å². The number of esters is 1. The molecular formula is C25H45NO8S. The van der Waals surface area contributed by atoms with Gasteiger partial charge in [-0.1, -0.05) is 70.4 Å². The van der Waals surface area contributed by atoms with Crippen LogP contribution < -0.4 is 5.32 Å². The van der Waals surface area contributed by atoms with Crippen molar-refractivity contribution in [2.75, 3.05) is 6.54 Å². The number of carboxylic acid groups (broad SMARTS) is 1. The predicted molar refractivity (Wildman–Crippen MR) is 136 cm³/mol. The van der Waals surface area contributed by atoms with Crippen LogP contribution in [0.4, 0.5) is 0 Å². The average Bonchev–Trinajstić information content (AvgIpc) is 2.77. The first-order valence-electron chi connectivity index (χ1n) is 12.9. The van der Waals surface area contributed by atoms with Crippen LogP contribution in [0.5, 0.6) is 0 Å². The van der Waals surface area contributed by atoms with Gasteiger partial charge in [0.15, 0.2) is 5.25 Å². The number of ether oxygens (including phenoxy) is 1. The van der Waals surface area contributed by atoms with Gasteiger partial charge in [-0.25, -0.2) is 0 Å². The number of carbonyl (C=O) groups is 3. The normalized spacial score (nSPS) is 13.5. The molecule has 9 nitrogen and oxygen atoms in total. The third kappa shape index (κ3) is 20.0. The Morgan fingerprint density at radius 3 is 1.91 bits per heavy atom. The van der Waals surface area contributed by atoms with E-state index in [-0.39, 0.29) is 12.5 Å². The van der Waals surface area contributed by atoms with E-state index in [1.54, 1.807) is 0 Å². The molecule has 3 N–H and O–H groups in total. The molecule has 0 bridgehead atoms. The van der Waals surface area contributed by atoms with Crippen molar-refractivity contribution in [3.8, 4) is 0 Å². The van der Waals surface area contributed by atoms with Crippen molar-refractivity contribution in [2.45, 2.75) is 122 Å². The zero-order chi connectivity index (χ0) is 26.5. The maximum atomic E-state index is 11.9. The van der Waals surface area contributed by atoms with Gasteiger partial charge in [0.25, 0.3) is 10.1 Å². The van der Waals surface area contributed by atoms with Crippen molar-refractivity contribution in [1.82, 2.24) is 5.32 Å². The fourth-order valence-corrected chi connectivity index (χ4v) is 4.14. The zero-order valence-electron chi connectivity index (χ0n) is 21.4. The first kappa shape index (κ1) is 33.1. The molecule has 0 aliphatic heterocycles. The Balaban J connectivity index is 3.80. The molecule has 0 aromatic heterocycles. The molecular weight excluding hydrogens is 474 g/mol. The molecule has 2 unspecified atom stereocenters. The third-order valence-corrected chi connectivity index (χ3v) is 6.63. The number of hydrogen-bond donors (Lipinski definition) is 3. The van der Waals surface area contributed by atoms with Crippen molar-refractivity contribution in [3.05, 3.63) is 12.2 Å². The van der Waals surface area contributed by atoms with E-state index in [9.17, 15) is 22.8 Å². The van der Waals surface area contributed by atoms with Crippen LogP contribution in [0, 0.1) is 0 Å². The third-order valence-electron chi connectivity index (χ3n) is 5.55. The van der Waals surface area contributed by atoms with Gasteiger partial charge in [0, 0.05) is 6.42 Å². The second kappa shape index (κ2) is 20.3. The molecule has 35 heavy (non-hydrogen) atoms. The van der Waals surface area contributed by atoms with E-state index in [0.29, 0.717) is 6.42 Å². The lowest BCUT2D eigenvalue weighted by molar-refractivity contribution is -0.151. The number of hydrogen-bond acceptors (Lipinski definition) is 6. The van der Waals surface area contributed by atoms with Gasteiger partial charge in [0.2, 0.25) is 5.91 Å². The summed E-state index contributed by atoms with van der Waals surface area (Å²) < 4.78 is 36.3. The number of aliphatic carboxylic acids is 1. The van der Waals surface area contributed by atoms with Crippen LogP contribution in [0.2, 0.25) is 0 Å². The predicted octanol–water partition coefficient (Wildman–Crippen LogP) is 4.80. The fraction of sp³-hybridized carbons (Fsp3) is 0.800. The molecule has 0 radical (unpaired) electrons. The second-order valence-corrected chi connectivity index (χ2v) is 10.6. The van der Waals surface area contributed by atoms with Gasteiger partial charge in [-0.05, 0) is 39.0 Å². The van der Waals surface area contributed by atoms with E-state index in [2.05, 4.69) is 24.4 Å². The summed E-state index contributed by atoms with van der Waals surface area (Å²) in [7, 11) is -4.92. The minimum Gasteiger partial charge on any atom is -0.481 e. The molecule has 0 saturated heterocycles. The van der Waals surface area contributed by atoms with Crippen molar-refractivity contribution >= 4 is 28.0 Å². The smallest absolute Gasteiger partial charge is 0.327 e. The molecule has 0 aromatic carbocycles. The van der Waals surface area contributed by atoms with Gasteiger partial charge in [0.1, 0.15) is 6.10 Å². The lowest BCUT2D eigenvalue weighted by atomic mass is 10.1. The van der Waals surface area contributed by atoms with E-state index < -0.39 is 39.8 Å². The Morgan fingerprint density at radius 2 is 1.40 bits per heavy atom. The standard InChI is InChI=1S/C25H45NO8S/c1-3-4-5-6-7-8-9-10-11-12-13-14-15-16-17-18-23(27)26-20-21(2)34-25(30)22(19-24(28)29)35(31,32)33/h10-11,21-22H,3-9,12-20H2,1-2H3,(H,26,27)(H,28,29)(H,31,32,33)/b11-10-. The first-order valence-corrected chi connectivity index (χ1v) is 14.4. The maximum Gasteiger partial charge on any atom is 0.327 e. The second-order valence-electron chi connectivity index (χ2n) is 8.99. The van der Waals surface area contributed by atoms with Crippen LogP contribution in [-0.2, 0) is 29.2 Å². The Bertz CT molecular complexity index is 736. The summed E-state index contributed by atoms with van der Waals surface area (Å²) in [5.41, 5.74) is 0. The van der Waals surface area contributed by atoms with Crippen LogP contribution in [0.25, 0.3) is 0 Å². The van der Waals surface area contributed by atoms with E-state index in [1.807, 2.05) is 0 Å². The van der Waals surface area contributed by atoms with E-state index in [0.717, 1.165) is 38.5 Å². The fourth-order valence-electron chi connectivity index (χ4n) is 3.49. The maximum absolute atomic E-state index is 11.9. The Morgan fingerprint density at radius 1 is 0.886 bits per heavy atom. The molecule has 204 valence electrons. The highest BCUT2D eigenvalue weighted by Crippen LogP contribution is 2.11. The monoisotopic (exact) mass is 519 g/mol. The van der Waals surface area contributed by atoms with Gasteiger partial charge >= 0.3 is 11.9 Å². The highest BCUT2D eigenvalue weighted by atomic mass is 32.2. The Kier molecular flexibility index (Phi) is 19.1. The van der Waals surface area contributed by atoms with Crippen LogP contribution in [0.1, 0.15) is 110 Å². The molecule has 0 aliphatic carbocycles. The molecule has 0 fully saturated rings. The van der Waals surface area contributed by atoms with E-state index in [4.69, 9.17) is 14.4 Å². The summed E-state index contributed by atoms with van der Waals surface area (Å²) in [6, 6.07) is 0. The van der Waals surface area contributed by atoms with Crippen molar-refractivity contribution < 1.29 is 37.2 Å². The molecule has 2 atom stereocenters. The molecule has 0 saturated carbocycles. The summed E-state index contributed by atoms with van der Waals surface area (Å²) >= 11 is 0. The molecule has 0 aliphatic rings. The van der Waals surface area contributed by atoms with Crippen molar-refractivity contribution in [1.29, 1.82) is 0 Å². The summed E-state index contributed by atoms with van der Waals surface area (Å²) in [6.07, 6.45) is 18.1. The summed E-state index contributed by atoms with van der Waals surface area (Å²) in [5, 5.41) is 9.10. The molecule has 0 spiro atoms. The van der Waals surface area contributed by atoms with Gasteiger partial charge < -0.3 is 15.2 Å². The number of unbranched alkanes of at least 4 members (excludes halogenated alkanes) is 11. The number of amides is 1. The average molecular weight is 520 g/mol. The van der Waals surface area contributed by atoms with Gasteiger partial charge in [-0.2, -0.15) is 8.42 Å². The molecule has 10 heteroatoms. The first-order chi connectivity index (χ1) is 16.6. The number of rotatable bonds is 22. The topological polar surface area (TPSA) is 147 Å². The van der Waals surface area contributed by atoms with Crippen molar-refractivity contribution in [2.24, 2.45) is 0 Å². The SMILES string of the molecule is CCCCCCCC/C=C\CCCCCCCC(=O)NCC(C)OC(=O)C(CC(=O)O)S(=O)(=O)O. The van der Waals surface area contributed by atoms with Gasteiger partial charge in [-0.3, -0.25) is 18.9 Å². The minimum atomic E-state index is -4.92. The lowest BCUT2D eigenvalue weighted by Crippen LogP contribution is -2.39. The van der Waals surface area contributed by atoms with Crippen LogP contribution in [0.15, 0.2) is 12.2 Å². The zero-order valence-corrected chi connectivity index (χ0v) is 22.2. The highest BCUT2D eigenvalue weighted by Gasteiger charge is 2.35. The Labute approximate surface area is 210 Å². The summed E-state index contributed by atoms with van der Waals surface area (Å²) in [4.78, 5) is 34.5. The Hall–Kier alpha value is -1.94. The number of carboxylic acids is 1. The lowest BCUT2D eigenvalue weighted by Gasteiger charge is -2.17. The minimum absolute atomic E-state index is 0.0408.